The minimum atomic E-state index is -0.170. The summed E-state index contributed by atoms with van der Waals surface area (Å²) in [4.78, 5) is 37.1. The van der Waals surface area contributed by atoms with Crippen molar-refractivity contribution in [3.05, 3.63) is 17.7 Å². The Morgan fingerprint density at radius 1 is 1.17 bits per heavy atom. The van der Waals surface area contributed by atoms with Gasteiger partial charge >= 0.3 is 0 Å². The lowest BCUT2D eigenvalue weighted by molar-refractivity contribution is -0.117. The molecule has 1 aromatic carbocycles. The molecule has 0 saturated carbocycles. The van der Waals surface area contributed by atoms with E-state index in [1.54, 1.807) is 17.0 Å². The van der Waals surface area contributed by atoms with Crippen molar-refractivity contribution >= 4 is 34.3 Å². The SMILES string of the molecule is COc1cc(C(C)=O)c(N2CC(SC(C)=O)CC2=O)cc1OC. The van der Waals surface area contributed by atoms with Crippen LogP contribution in [0.4, 0.5) is 5.69 Å². The summed E-state index contributed by atoms with van der Waals surface area (Å²) in [5.41, 5.74) is 0.885. The zero-order valence-electron chi connectivity index (χ0n) is 13.5. The van der Waals surface area contributed by atoms with Crippen LogP contribution in [0.3, 0.4) is 0 Å². The maximum absolute atomic E-state index is 12.3. The van der Waals surface area contributed by atoms with Crippen LogP contribution in [0.2, 0.25) is 0 Å². The highest BCUT2D eigenvalue weighted by Crippen LogP contribution is 2.38. The number of hydrogen-bond donors (Lipinski definition) is 0. The number of Topliss-reactive ketones (excluding diaryl/α,β-unsaturated/α-hetero) is 1. The Morgan fingerprint density at radius 2 is 1.78 bits per heavy atom. The van der Waals surface area contributed by atoms with Gasteiger partial charge in [-0.15, -0.1) is 0 Å². The number of rotatable bonds is 5. The Hall–Kier alpha value is -2.02. The Morgan fingerprint density at radius 3 is 2.30 bits per heavy atom. The number of ketones is 1. The lowest BCUT2D eigenvalue weighted by Gasteiger charge is -2.21. The summed E-state index contributed by atoms with van der Waals surface area (Å²) >= 11 is 1.15. The number of benzene rings is 1. The van der Waals surface area contributed by atoms with Gasteiger partial charge < -0.3 is 14.4 Å². The molecule has 124 valence electrons. The average Bonchev–Trinajstić information content (AvgIpc) is 2.85. The van der Waals surface area contributed by atoms with Crippen molar-refractivity contribution in [3.63, 3.8) is 0 Å². The highest BCUT2D eigenvalue weighted by Gasteiger charge is 2.34. The van der Waals surface area contributed by atoms with Crippen LogP contribution in [0.25, 0.3) is 0 Å². The van der Waals surface area contributed by atoms with E-state index in [1.165, 1.54) is 28.1 Å². The third-order valence-corrected chi connectivity index (χ3v) is 4.58. The first-order valence-electron chi connectivity index (χ1n) is 7.12. The summed E-state index contributed by atoms with van der Waals surface area (Å²) in [6.07, 6.45) is 0.274. The first kappa shape index (κ1) is 17.3. The van der Waals surface area contributed by atoms with E-state index >= 15 is 0 Å². The van der Waals surface area contributed by atoms with Crippen molar-refractivity contribution in [2.24, 2.45) is 0 Å². The van der Waals surface area contributed by atoms with Gasteiger partial charge in [0.15, 0.2) is 22.4 Å². The smallest absolute Gasteiger partial charge is 0.228 e. The Kier molecular flexibility index (Phi) is 5.30. The number of carbonyl (C=O) groups is 3. The zero-order valence-corrected chi connectivity index (χ0v) is 14.4. The first-order chi connectivity index (χ1) is 10.9. The monoisotopic (exact) mass is 337 g/mol. The fourth-order valence-electron chi connectivity index (χ4n) is 2.59. The lowest BCUT2D eigenvalue weighted by atomic mass is 10.1. The minimum Gasteiger partial charge on any atom is -0.493 e. The van der Waals surface area contributed by atoms with Crippen molar-refractivity contribution < 1.29 is 23.9 Å². The van der Waals surface area contributed by atoms with E-state index in [1.807, 2.05) is 0 Å². The van der Waals surface area contributed by atoms with Crippen molar-refractivity contribution in [1.29, 1.82) is 0 Å². The third kappa shape index (κ3) is 3.67. The molecule has 1 aromatic rings. The predicted octanol–water partition coefficient (Wildman–Crippen LogP) is 2.29. The van der Waals surface area contributed by atoms with Gasteiger partial charge in [0.1, 0.15) is 0 Å². The summed E-state index contributed by atoms with van der Waals surface area (Å²) in [6.45, 7) is 3.31. The molecule has 0 aliphatic carbocycles. The maximum atomic E-state index is 12.3. The molecule has 1 heterocycles. The summed E-state index contributed by atoms with van der Waals surface area (Å²) in [6, 6.07) is 3.21. The molecule has 0 N–H and O–H groups in total. The molecule has 1 atom stereocenters. The predicted molar refractivity (Wildman–Crippen MR) is 88.6 cm³/mol. The normalized spacial score (nSPS) is 17.3. The molecule has 1 fully saturated rings. The molecule has 1 aliphatic heterocycles. The third-order valence-electron chi connectivity index (χ3n) is 3.59. The molecule has 1 aliphatic rings. The number of ether oxygens (including phenoxy) is 2. The molecule has 1 unspecified atom stereocenters. The molecular weight excluding hydrogens is 318 g/mol. The van der Waals surface area contributed by atoms with Crippen molar-refractivity contribution in [2.75, 3.05) is 25.7 Å². The minimum absolute atomic E-state index is 0.0243. The van der Waals surface area contributed by atoms with Gasteiger partial charge in [-0.1, -0.05) is 11.8 Å². The van der Waals surface area contributed by atoms with Gasteiger partial charge in [-0.25, -0.2) is 0 Å². The van der Waals surface area contributed by atoms with Crippen LogP contribution >= 0.6 is 11.8 Å². The first-order valence-corrected chi connectivity index (χ1v) is 7.99. The summed E-state index contributed by atoms with van der Waals surface area (Å²) in [7, 11) is 2.98. The number of thioether (sulfide) groups is 1. The molecule has 0 aromatic heterocycles. The van der Waals surface area contributed by atoms with E-state index in [2.05, 4.69) is 0 Å². The highest BCUT2D eigenvalue weighted by molar-refractivity contribution is 8.14. The van der Waals surface area contributed by atoms with Gasteiger partial charge in [0.25, 0.3) is 0 Å². The molecule has 0 radical (unpaired) electrons. The van der Waals surface area contributed by atoms with Crippen LogP contribution in [-0.4, -0.2) is 42.8 Å². The Bertz CT molecular complexity index is 658. The fourth-order valence-corrected chi connectivity index (χ4v) is 3.51. The molecule has 7 heteroatoms. The molecule has 0 spiro atoms. The second-order valence-electron chi connectivity index (χ2n) is 5.22. The van der Waals surface area contributed by atoms with E-state index in [-0.39, 0.29) is 28.5 Å². The van der Waals surface area contributed by atoms with Gasteiger partial charge in [0.05, 0.1) is 19.9 Å². The molecule has 0 bridgehead atoms. The molecule has 23 heavy (non-hydrogen) atoms. The van der Waals surface area contributed by atoms with Crippen LogP contribution in [-0.2, 0) is 9.59 Å². The number of nitrogens with zero attached hydrogens (tertiary/aromatic N) is 1. The largest absolute Gasteiger partial charge is 0.493 e. The summed E-state index contributed by atoms with van der Waals surface area (Å²) in [5.74, 6) is 0.598. The lowest BCUT2D eigenvalue weighted by Crippen LogP contribution is -2.26. The van der Waals surface area contributed by atoms with Crippen LogP contribution in [0, 0.1) is 0 Å². The second kappa shape index (κ2) is 7.04. The quantitative estimate of drug-likeness (QED) is 0.768. The number of methoxy groups -OCH3 is 2. The molecular formula is C16H19NO5S. The Labute approximate surface area is 139 Å². The van der Waals surface area contributed by atoms with E-state index in [4.69, 9.17) is 9.47 Å². The highest BCUT2D eigenvalue weighted by atomic mass is 32.2. The number of amides is 1. The van der Waals surface area contributed by atoms with Crippen molar-refractivity contribution in [3.8, 4) is 11.5 Å². The molecule has 6 nitrogen and oxygen atoms in total. The maximum Gasteiger partial charge on any atom is 0.228 e. The van der Waals surface area contributed by atoms with E-state index < -0.39 is 0 Å². The summed E-state index contributed by atoms with van der Waals surface area (Å²) < 4.78 is 10.5. The van der Waals surface area contributed by atoms with Gasteiger partial charge in [-0.3, -0.25) is 14.4 Å². The second-order valence-corrected chi connectivity index (χ2v) is 6.70. The number of carbonyl (C=O) groups excluding carboxylic acids is 3. The van der Waals surface area contributed by atoms with E-state index in [9.17, 15) is 14.4 Å². The van der Waals surface area contributed by atoms with Crippen LogP contribution in [0.5, 0.6) is 11.5 Å². The van der Waals surface area contributed by atoms with E-state index in [0.717, 1.165) is 11.8 Å². The fraction of sp³-hybridized carbons (Fsp3) is 0.438. The van der Waals surface area contributed by atoms with Crippen LogP contribution < -0.4 is 14.4 Å². The Balaban J connectivity index is 2.43. The molecule has 1 saturated heterocycles. The van der Waals surface area contributed by atoms with Crippen LogP contribution in [0.1, 0.15) is 30.6 Å². The number of anilines is 1. The van der Waals surface area contributed by atoms with Crippen molar-refractivity contribution in [1.82, 2.24) is 0 Å². The van der Waals surface area contributed by atoms with E-state index in [0.29, 0.717) is 29.3 Å². The molecule has 1 amide bonds. The topological polar surface area (TPSA) is 72.9 Å². The standard InChI is InChI=1S/C16H19NO5S/c1-9(18)12-6-14(21-3)15(22-4)7-13(12)17-8-11(5-16(17)20)23-10(2)19/h6-7,11H,5,8H2,1-4H3. The molecule has 2 rings (SSSR count). The van der Waals surface area contributed by atoms with Gasteiger partial charge in [0, 0.05) is 36.8 Å². The van der Waals surface area contributed by atoms with Crippen molar-refractivity contribution in [2.45, 2.75) is 25.5 Å². The number of hydrogen-bond acceptors (Lipinski definition) is 6. The van der Waals surface area contributed by atoms with Gasteiger partial charge in [-0.05, 0) is 13.0 Å². The van der Waals surface area contributed by atoms with Crippen LogP contribution in [0.15, 0.2) is 12.1 Å². The average molecular weight is 337 g/mol. The zero-order chi connectivity index (χ0) is 17.1. The van der Waals surface area contributed by atoms with Gasteiger partial charge in [-0.2, -0.15) is 0 Å². The summed E-state index contributed by atoms with van der Waals surface area (Å²) in [5, 5.41) is -0.128. The van der Waals surface area contributed by atoms with Gasteiger partial charge in [0.2, 0.25) is 5.91 Å².